The molecule has 0 radical (unpaired) electrons. The van der Waals surface area contributed by atoms with E-state index in [0.717, 1.165) is 18.9 Å². The van der Waals surface area contributed by atoms with Crippen LogP contribution in [-0.4, -0.2) is 47.9 Å². The fraction of sp³-hybridized carbons (Fsp3) is 0.682. The van der Waals surface area contributed by atoms with E-state index in [0.29, 0.717) is 50.1 Å². The average molecular weight is 429 g/mol. The number of halogens is 4. The number of piperidine rings is 1. The topological polar surface area (TPSA) is 49.8 Å². The maximum absolute atomic E-state index is 14.3. The van der Waals surface area contributed by atoms with E-state index in [9.17, 15) is 27.5 Å². The number of alkyl halides is 3. The molecule has 0 spiro atoms. The van der Waals surface area contributed by atoms with E-state index >= 15 is 0 Å². The van der Waals surface area contributed by atoms with Gasteiger partial charge in [0.2, 0.25) is 0 Å². The van der Waals surface area contributed by atoms with Gasteiger partial charge in [-0.2, -0.15) is 13.2 Å². The van der Waals surface area contributed by atoms with Gasteiger partial charge < -0.3 is 9.84 Å². The van der Waals surface area contributed by atoms with Crippen LogP contribution in [0, 0.1) is 11.2 Å². The van der Waals surface area contributed by atoms with E-state index < -0.39 is 23.4 Å². The third-order valence-electron chi connectivity index (χ3n) is 6.79. The highest BCUT2D eigenvalue weighted by Gasteiger charge is 2.56. The molecule has 1 aromatic rings. The molecule has 2 aliphatic carbocycles. The molecule has 1 saturated heterocycles. The fourth-order valence-electron chi connectivity index (χ4n) is 4.99. The van der Waals surface area contributed by atoms with E-state index in [4.69, 9.17) is 4.74 Å². The summed E-state index contributed by atoms with van der Waals surface area (Å²) in [5, 5.41) is 9.19. The monoisotopic (exact) mass is 429 g/mol. The standard InChI is InChI=1S/C22H27F4NO3/c23-18-11-19(16(14-5-6-14)10-17(18)20(28)29)30-15-4-3-9-27(12-15)13-21(22(24,25)26)7-1-2-8-21/h10-11,14-15H,1-9,12-13H2,(H,28,29)/t15-/m1/s1. The third kappa shape index (κ3) is 4.29. The summed E-state index contributed by atoms with van der Waals surface area (Å²) in [6, 6.07) is 2.48. The van der Waals surface area contributed by atoms with Gasteiger partial charge in [0.05, 0.1) is 11.0 Å². The molecule has 0 bridgehead atoms. The molecule has 1 aromatic carbocycles. The molecule has 1 atom stereocenters. The molecular weight excluding hydrogens is 402 g/mol. The molecule has 8 heteroatoms. The number of hydrogen-bond acceptors (Lipinski definition) is 3. The molecule has 166 valence electrons. The van der Waals surface area contributed by atoms with Crippen molar-refractivity contribution in [2.24, 2.45) is 5.41 Å². The summed E-state index contributed by atoms with van der Waals surface area (Å²) < 4.78 is 61.6. The van der Waals surface area contributed by atoms with Crippen molar-refractivity contribution in [1.29, 1.82) is 0 Å². The predicted molar refractivity (Wildman–Crippen MR) is 102 cm³/mol. The summed E-state index contributed by atoms with van der Waals surface area (Å²) in [6.45, 7) is 0.946. The van der Waals surface area contributed by atoms with Crippen LogP contribution >= 0.6 is 0 Å². The highest BCUT2D eigenvalue weighted by molar-refractivity contribution is 5.88. The summed E-state index contributed by atoms with van der Waals surface area (Å²) in [6.07, 6.45) is 0.191. The zero-order valence-electron chi connectivity index (χ0n) is 16.8. The molecule has 1 aliphatic heterocycles. The van der Waals surface area contributed by atoms with Crippen molar-refractivity contribution >= 4 is 5.97 Å². The Morgan fingerprint density at radius 3 is 2.47 bits per heavy atom. The number of carboxylic acid groups (broad SMARTS) is 1. The van der Waals surface area contributed by atoms with Gasteiger partial charge in [-0.15, -0.1) is 0 Å². The largest absolute Gasteiger partial charge is 0.489 e. The Morgan fingerprint density at radius 1 is 1.17 bits per heavy atom. The molecule has 3 aliphatic rings. The average Bonchev–Trinajstić information content (AvgIpc) is 3.39. The Labute approximate surface area is 173 Å². The molecule has 0 unspecified atom stereocenters. The number of ether oxygens (including phenoxy) is 1. The van der Waals surface area contributed by atoms with Gasteiger partial charge in [-0.3, -0.25) is 4.90 Å². The summed E-state index contributed by atoms with van der Waals surface area (Å²) in [5.74, 6) is -1.68. The third-order valence-corrected chi connectivity index (χ3v) is 6.79. The van der Waals surface area contributed by atoms with E-state index in [2.05, 4.69) is 0 Å². The van der Waals surface area contributed by atoms with Gasteiger partial charge in [-0.05, 0) is 62.6 Å². The molecule has 0 amide bonds. The fourth-order valence-corrected chi connectivity index (χ4v) is 4.99. The van der Waals surface area contributed by atoms with Crippen LogP contribution in [0.3, 0.4) is 0 Å². The Morgan fingerprint density at radius 2 is 1.87 bits per heavy atom. The van der Waals surface area contributed by atoms with Gasteiger partial charge in [0.15, 0.2) is 0 Å². The van der Waals surface area contributed by atoms with Gasteiger partial charge in [-0.1, -0.05) is 12.8 Å². The molecule has 1 heterocycles. The minimum absolute atomic E-state index is 0.0157. The number of rotatable bonds is 6. The van der Waals surface area contributed by atoms with Crippen molar-refractivity contribution in [3.05, 3.63) is 29.1 Å². The normalized spacial score (nSPS) is 24.7. The molecule has 4 nitrogen and oxygen atoms in total. The minimum Gasteiger partial charge on any atom is -0.489 e. The van der Waals surface area contributed by atoms with Crippen LogP contribution in [0.2, 0.25) is 0 Å². The number of nitrogens with zero attached hydrogens (tertiary/aromatic N) is 1. The van der Waals surface area contributed by atoms with Crippen molar-refractivity contribution in [2.75, 3.05) is 19.6 Å². The number of likely N-dealkylation sites (tertiary alicyclic amines) is 1. The van der Waals surface area contributed by atoms with Crippen LogP contribution in [0.1, 0.15) is 73.2 Å². The Balaban J connectivity index is 1.48. The van der Waals surface area contributed by atoms with Crippen LogP contribution in [-0.2, 0) is 0 Å². The molecule has 30 heavy (non-hydrogen) atoms. The molecule has 4 rings (SSSR count). The maximum Gasteiger partial charge on any atom is 0.395 e. The van der Waals surface area contributed by atoms with E-state index in [1.165, 1.54) is 6.07 Å². The van der Waals surface area contributed by atoms with Gasteiger partial charge in [-0.25, -0.2) is 9.18 Å². The van der Waals surface area contributed by atoms with Crippen molar-refractivity contribution in [1.82, 2.24) is 4.90 Å². The predicted octanol–water partition coefficient (Wildman–Crippen LogP) is 5.37. The molecule has 0 aromatic heterocycles. The van der Waals surface area contributed by atoms with Gasteiger partial charge in [0.1, 0.15) is 17.7 Å². The van der Waals surface area contributed by atoms with Crippen molar-refractivity contribution in [2.45, 2.75) is 69.6 Å². The minimum atomic E-state index is -4.22. The lowest BCUT2D eigenvalue weighted by Gasteiger charge is -2.40. The highest BCUT2D eigenvalue weighted by Crippen LogP contribution is 2.51. The molecular formula is C22H27F4NO3. The first-order valence-corrected chi connectivity index (χ1v) is 10.7. The second kappa shape index (κ2) is 8.02. The van der Waals surface area contributed by atoms with Crippen LogP contribution < -0.4 is 4.74 Å². The number of carboxylic acids is 1. The van der Waals surface area contributed by atoms with Crippen molar-refractivity contribution < 1.29 is 32.2 Å². The van der Waals surface area contributed by atoms with Crippen molar-refractivity contribution in [3.63, 3.8) is 0 Å². The van der Waals surface area contributed by atoms with Crippen LogP contribution in [0.25, 0.3) is 0 Å². The zero-order chi connectivity index (χ0) is 21.5. The molecule has 3 fully saturated rings. The van der Waals surface area contributed by atoms with E-state index in [1.54, 1.807) is 0 Å². The lowest BCUT2D eigenvalue weighted by atomic mass is 9.84. The first kappa shape index (κ1) is 21.4. The molecule has 2 saturated carbocycles. The van der Waals surface area contributed by atoms with Gasteiger partial charge in [0, 0.05) is 19.2 Å². The van der Waals surface area contributed by atoms with E-state index in [-0.39, 0.29) is 37.0 Å². The Bertz CT molecular complexity index is 800. The summed E-state index contributed by atoms with van der Waals surface area (Å²) in [5.41, 5.74) is -1.32. The number of benzene rings is 1. The maximum atomic E-state index is 14.3. The Hall–Kier alpha value is -1.83. The van der Waals surface area contributed by atoms with Crippen LogP contribution in [0.15, 0.2) is 12.1 Å². The van der Waals surface area contributed by atoms with E-state index in [1.807, 2.05) is 4.90 Å². The zero-order valence-corrected chi connectivity index (χ0v) is 16.8. The molecule has 1 N–H and O–H groups in total. The summed E-state index contributed by atoms with van der Waals surface area (Å²) in [7, 11) is 0. The Kier molecular flexibility index (Phi) is 5.72. The summed E-state index contributed by atoms with van der Waals surface area (Å²) in [4.78, 5) is 13.1. The summed E-state index contributed by atoms with van der Waals surface area (Å²) >= 11 is 0. The van der Waals surface area contributed by atoms with Crippen molar-refractivity contribution in [3.8, 4) is 5.75 Å². The highest BCUT2D eigenvalue weighted by atomic mass is 19.4. The second-order valence-electron chi connectivity index (χ2n) is 9.05. The first-order valence-electron chi connectivity index (χ1n) is 10.7. The van der Waals surface area contributed by atoms with Crippen LogP contribution in [0.4, 0.5) is 17.6 Å². The smallest absolute Gasteiger partial charge is 0.395 e. The lowest BCUT2D eigenvalue weighted by molar-refractivity contribution is -0.229. The first-order chi connectivity index (χ1) is 14.2. The van der Waals surface area contributed by atoms with Gasteiger partial charge >= 0.3 is 12.1 Å². The number of aromatic carboxylic acids is 1. The van der Waals surface area contributed by atoms with Gasteiger partial charge in [0.25, 0.3) is 0 Å². The quantitative estimate of drug-likeness (QED) is 0.618. The SMILES string of the molecule is O=C(O)c1cc(C2CC2)c(O[C@@H]2CCCN(CC3(C(F)(F)F)CCCC3)C2)cc1F. The lowest BCUT2D eigenvalue weighted by Crippen LogP contribution is -2.50. The number of hydrogen-bond donors (Lipinski definition) is 1. The number of carbonyl (C=O) groups is 1. The second-order valence-corrected chi connectivity index (χ2v) is 9.05. The van der Waals surface area contributed by atoms with Crippen LogP contribution in [0.5, 0.6) is 5.75 Å².